The Kier molecular flexibility index (Phi) is 7.02. The molecule has 0 spiro atoms. The van der Waals surface area contributed by atoms with E-state index in [1.807, 2.05) is 38.1 Å². The zero-order chi connectivity index (χ0) is 18.9. The zero-order valence-electron chi connectivity index (χ0n) is 15.3. The van der Waals surface area contributed by atoms with Crippen molar-refractivity contribution in [2.45, 2.75) is 26.4 Å². The molecule has 0 fully saturated rings. The van der Waals surface area contributed by atoms with Gasteiger partial charge in [0.2, 0.25) is 5.91 Å². The van der Waals surface area contributed by atoms with Gasteiger partial charge in [0, 0.05) is 23.8 Å². The van der Waals surface area contributed by atoms with Gasteiger partial charge in [0.25, 0.3) is 5.91 Å². The van der Waals surface area contributed by atoms with E-state index in [0.717, 1.165) is 17.0 Å². The van der Waals surface area contributed by atoms with E-state index in [0.29, 0.717) is 12.1 Å². The van der Waals surface area contributed by atoms with Gasteiger partial charge in [0.05, 0.1) is 13.7 Å². The standard InChI is InChI=1S/C20H25N3O3/c1-14(2)23-20(25)16-6-8-17(9-7-16)21-13-19(24)22-12-15-4-10-18(26-3)11-5-15/h4-11,14,21H,12-13H2,1-3H3,(H,22,24)(H,23,25). The number of hydrogen-bond acceptors (Lipinski definition) is 4. The molecule has 0 bridgehead atoms. The van der Waals surface area contributed by atoms with Crippen molar-refractivity contribution in [3.63, 3.8) is 0 Å². The summed E-state index contributed by atoms with van der Waals surface area (Å²) in [5.41, 5.74) is 2.37. The molecule has 6 nitrogen and oxygen atoms in total. The average Bonchev–Trinajstić information content (AvgIpc) is 2.65. The molecule has 3 N–H and O–H groups in total. The fourth-order valence-electron chi connectivity index (χ4n) is 2.27. The first-order chi connectivity index (χ1) is 12.5. The van der Waals surface area contributed by atoms with E-state index in [-0.39, 0.29) is 24.4 Å². The van der Waals surface area contributed by atoms with Gasteiger partial charge in [-0.25, -0.2) is 0 Å². The third-order valence-electron chi connectivity index (χ3n) is 3.67. The summed E-state index contributed by atoms with van der Waals surface area (Å²) in [5, 5.41) is 8.73. The van der Waals surface area contributed by atoms with Crippen LogP contribution in [0.5, 0.6) is 5.75 Å². The van der Waals surface area contributed by atoms with Crippen LogP contribution in [-0.2, 0) is 11.3 Å². The normalized spacial score (nSPS) is 10.3. The van der Waals surface area contributed by atoms with Gasteiger partial charge in [-0.3, -0.25) is 9.59 Å². The van der Waals surface area contributed by atoms with Crippen LogP contribution >= 0.6 is 0 Å². The first kappa shape index (κ1) is 19.3. The first-order valence-electron chi connectivity index (χ1n) is 8.52. The molecule has 2 aromatic rings. The van der Waals surface area contributed by atoms with E-state index in [4.69, 9.17) is 4.74 Å². The van der Waals surface area contributed by atoms with E-state index in [1.165, 1.54) is 0 Å². The number of methoxy groups -OCH3 is 1. The van der Waals surface area contributed by atoms with E-state index in [1.54, 1.807) is 31.4 Å². The maximum atomic E-state index is 11.9. The van der Waals surface area contributed by atoms with Crippen LogP contribution in [0.1, 0.15) is 29.8 Å². The summed E-state index contributed by atoms with van der Waals surface area (Å²) in [6.45, 7) is 4.45. The van der Waals surface area contributed by atoms with E-state index >= 15 is 0 Å². The Morgan fingerprint density at radius 1 is 1.00 bits per heavy atom. The molecule has 0 saturated carbocycles. The van der Waals surface area contributed by atoms with Crippen LogP contribution < -0.4 is 20.7 Å². The minimum atomic E-state index is -0.109. The highest BCUT2D eigenvalue weighted by Crippen LogP contribution is 2.11. The Morgan fingerprint density at radius 2 is 1.65 bits per heavy atom. The molecular weight excluding hydrogens is 330 g/mol. The highest BCUT2D eigenvalue weighted by Gasteiger charge is 2.07. The first-order valence-corrected chi connectivity index (χ1v) is 8.52. The number of hydrogen-bond donors (Lipinski definition) is 3. The predicted molar refractivity (Wildman–Crippen MR) is 102 cm³/mol. The lowest BCUT2D eigenvalue weighted by atomic mass is 10.2. The molecule has 0 saturated heterocycles. The largest absolute Gasteiger partial charge is 0.497 e. The third-order valence-corrected chi connectivity index (χ3v) is 3.67. The molecule has 0 unspecified atom stereocenters. The Balaban J connectivity index is 1.76. The Labute approximate surface area is 153 Å². The molecule has 138 valence electrons. The van der Waals surface area contributed by atoms with Gasteiger partial charge in [0.1, 0.15) is 5.75 Å². The van der Waals surface area contributed by atoms with E-state index in [9.17, 15) is 9.59 Å². The number of amides is 2. The lowest BCUT2D eigenvalue weighted by molar-refractivity contribution is -0.119. The number of carbonyl (C=O) groups is 2. The molecule has 26 heavy (non-hydrogen) atoms. The number of nitrogens with one attached hydrogen (secondary N) is 3. The van der Waals surface area contributed by atoms with Crippen LogP contribution in [0.4, 0.5) is 5.69 Å². The van der Waals surface area contributed by atoms with Gasteiger partial charge in [-0.05, 0) is 55.8 Å². The van der Waals surface area contributed by atoms with Gasteiger partial charge in [0.15, 0.2) is 0 Å². The fraction of sp³-hybridized carbons (Fsp3) is 0.300. The SMILES string of the molecule is COc1ccc(CNC(=O)CNc2ccc(C(=O)NC(C)C)cc2)cc1. The molecule has 0 aliphatic carbocycles. The van der Waals surface area contributed by atoms with Crippen molar-refractivity contribution in [3.05, 3.63) is 59.7 Å². The van der Waals surface area contributed by atoms with Gasteiger partial charge >= 0.3 is 0 Å². The molecule has 2 aromatic carbocycles. The van der Waals surface area contributed by atoms with Crippen molar-refractivity contribution in [2.75, 3.05) is 19.0 Å². The van der Waals surface area contributed by atoms with Crippen molar-refractivity contribution in [1.29, 1.82) is 0 Å². The molecule has 2 rings (SSSR count). The molecule has 6 heteroatoms. The molecule has 0 radical (unpaired) electrons. The zero-order valence-corrected chi connectivity index (χ0v) is 15.3. The summed E-state index contributed by atoms with van der Waals surface area (Å²) < 4.78 is 5.10. The maximum absolute atomic E-state index is 11.9. The average molecular weight is 355 g/mol. The summed E-state index contributed by atoms with van der Waals surface area (Å²) in [5.74, 6) is 0.568. The molecular formula is C20H25N3O3. The summed E-state index contributed by atoms with van der Waals surface area (Å²) in [4.78, 5) is 23.8. The van der Waals surface area contributed by atoms with Crippen molar-refractivity contribution in [2.24, 2.45) is 0 Å². The lowest BCUT2D eigenvalue weighted by Crippen LogP contribution is -2.30. The maximum Gasteiger partial charge on any atom is 0.251 e. The van der Waals surface area contributed by atoms with E-state index in [2.05, 4.69) is 16.0 Å². The fourth-order valence-corrected chi connectivity index (χ4v) is 2.27. The van der Waals surface area contributed by atoms with Gasteiger partial charge in [-0.2, -0.15) is 0 Å². The van der Waals surface area contributed by atoms with Crippen LogP contribution in [0.2, 0.25) is 0 Å². The van der Waals surface area contributed by atoms with Crippen LogP contribution in [0.15, 0.2) is 48.5 Å². The minimum absolute atomic E-state index is 0.0923. The highest BCUT2D eigenvalue weighted by molar-refractivity contribution is 5.94. The quantitative estimate of drug-likeness (QED) is 0.680. The second-order valence-corrected chi connectivity index (χ2v) is 6.18. The summed E-state index contributed by atoms with van der Waals surface area (Å²) in [6.07, 6.45) is 0. The second kappa shape index (κ2) is 9.46. The number of benzene rings is 2. The smallest absolute Gasteiger partial charge is 0.251 e. The molecule has 0 aliphatic rings. The molecule has 0 atom stereocenters. The predicted octanol–water partition coefficient (Wildman–Crippen LogP) is 2.56. The lowest BCUT2D eigenvalue weighted by Gasteiger charge is -2.10. The van der Waals surface area contributed by atoms with Crippen LogP contribution in [-0.4, -0.2) is 31.5 Å². The summed E-state index contributed by atoms with van der Waals surface area (Å²) in [7, 11) is 1.62. The van der Waals surface area contributed by atoms with Crippen LogP contribution in [0, 0.1) is 0 Å². The Hall–Kier alpha value is -3.02. The highest BCUT2D eigenvalue weighted by atomic mass is 16.5. The van der Waals surface area contributed by atoms with Crippen LogP contribution in [0.3, 0.4) is 0 Å². The monoisotopic (exact) mass is 355 g/mol. The number of anilines is 1. The van der Waals surface area contributed by atoms with E-state index < -0.39 is 0 Å². The molecule has 2 amide bonds. The second-order valence-electron chi connectivity index (χ2n) is 6.18. The molecule has 0 aliphatic heterocycles. The van der Waals surface area contributed by atoms with Gasteiger partial charge < -0.3 is 20.7 Å². The topological polar surface area (TPSA) is 79.5 Å². The third kappa shape index (κ3) is 6.12. The summed E-state index contributed by atoms with van der Waals surface area (Å²) in [6, 6.07) is 14.7. The Bertz CT molecular complexity index is 725. The Morgan fingerprint density at radius 3 is 2.23 bits per heavy atom. The summed E-state index contributed by atoms with van der Waals surface area (Å²) >= 11 is 0. The number of ether oxygens (including phenoxy) is 1. The number of rotatable bonds is 8. The number of carbonyl (C=O) groups excluding carboxylic acids is 2. The van der Waals surface area contributed by atoms with Crippen LogP contribution in [0.25, 0.3) is 0 Å². The van der Waals surface area contributed by atoms with Crippen molar-refractivity contribution in [1.82, 2.24) is 10.6 Å². The van der Waals surface area contributed by atoms with Crippen molar-refractivity contribution < 1.29 is 14.3 Å². The van der Waals surface area contributed by atoms with Crippen molar-refractivity contribution >= 4 is 17.5 Å². The molecule has 0 heterocycles. The van der Waals surface area contributed by atoms with Gasteiger partial charge in [-0.1, -0.05) is 12.1 Å². The van der Waals surface area contributed by atoms with Crippen molar-refractivity contribution in [3.8, 4) is 5.75 Å². The minimum Gasteiger partial charge on any atom is -0.497 e. The molecule has 0 aromatic heterocycles. The van der Waals surface area contributed by atoms with Gasteiger partial charge in [-0.15, -0.1) is 0 Å².